The number of hydrogen-bond donors (Lipinski definition) is 1. The lowest BCUT2D eigenvalue weighted by Crippen LogP contribution is -2.31. The maximum absolute atomic E-state index is 5.61. The molecule has 0 unspecified atom stereocenters. The fourth-order valence-electron chi connectivity index (χ4n) is 1.54. The van der Waals surface area contributed by atoms with Crippen LogP contribution in [0.1, 0.15) is 19.8 Å². The van der Waals surface area contributed by atoms with Gasteiger partial charge in [0.25, 0.3) is 0 Å². The number of aromatic nitrogens is 1. The third-order valence-corrected chi connectivity index (χ3v) is 2.42. The number of nitrogens with two attached hydrogens (primary N) is 1. The van der Waals surface area contributed by atoms with Gasteiger partial charge in [0.2, 0.25) is 5.88 Å². The molecule has 0 atom stereocenters. The van der Waals surface area contributed by atoms with E-state index in [1.165, 1.54) is 6.42 Å². The summed E-state index contributed by atoms with van der Waals surface area (Å²) in [5.41, 5.74) is 5.61. The van der Waals surface area contributed by atoms with Crippen LogP contribution >= 0.6 is 0 Å². The lowest BCUT2D eigenvalue weighted by molar-refractivity contribution is 0.398. The van der Waals surface area contributed by atoms with Gasteiger partial charge in [0.15, 0.2) is 0 Å². The van der Waals surface area contributed by atoms with Crippen LogP contribution in [0.3, 0.4) is 0 Å². The number of methoxy groups -OCH3 is 1. The molecule has 2 N–H and O–H groups in total. The fourth-order valence-corrected chi connectivity index (χ4v) is 1.54. The number of hydrogen-bond acceptors (Lipinski definition) is 4. The van der Waals surface area contributed by atoms with Crippen molar-refractivity contribution in [2.45, 2.75) is 19.8 Å². The summed E-state index contributed by atoms with van der Waals surface area (Å²) in [5.74, 6) is 1.59. The Morgan fingerprint density at radius 2 is 2.19 bits per heavy atom. The van der Waals surface area contributed by atoms with Crippen LogP contribution in [0.2, 0.25) is 0 Å². The minimum absolute atomic E-state index is 0.641. The summed E-state index contributed by atoms with van der Waals surface area (Å²) in [5, 5.41) is 0. The second-order valence-corrected chi connectivity index (χ2v) is 3.67. The molecule has 0 aromatic carbocycles. The van der Waals surface area contributed by atoms with Crippen LogP contribution < -0.4 is 15.4 Å². The molecule has 1 aromatic heterocycles. The average molecular weight is 223 g/mol. The van der Waals surface area contributed by atoms with Crippen LogP contribution in [-0.4, -0.2) is 31.7 Å². The minimum Gasteiger partial charge on any atom is -0.481 e. The van der Waals surface area contributed by atoms with Crippen LogP contribution in [0.4, 0.5) is 5.82 Å². The van der Waals surface area contributed by atoms with Crippen LogP contribution in [0.5, 0.6) is 5.88 Å². The van der Waals surface area contributed by atoms with Crippen molar-refractivity contribution >= 4 is 5.82 Å². The minimum atomic E-state index is 0.641. The molecule has 0 fully saturated rings. The third-order valence-electron chi connectivity index (χ3n) is 2.42. The highest BCUT2D eigenvalue weighted by Crippen LogP contribution is 2.15. The van der Waals surface area contributed by atoms with Crippen LogP contribution in [-0.2, 0) is 0 Å². The van der Waals surface area contributed by atoms with Gasteiger partial charge in [-0.15, -0.1) is 0 Å². The Morgan fingerprint density at radius 1 is 1.38 bits per heavy atom. The molecule has 0 spiro atoms. The number of pyridine rings is 1. The molecule has 0 aliphatic carbocycles. The first-order chi connectivity index (χ1) is 7.81. The Hall–Kier alpha value is -1.29. The molecule has 16 heavy (non-hydrogen) atoms. The summed E-state index contributed by atoms with van der Waals surface area (Å²) in [4.78, 5) is 6.61. The van der Waals surface area contributed by atoms with E-state index in [0.29, 0.717) is 12.4 Å². The van der Waals surface area contributed by atoms with E-state index in [-0.39, 0.29) is 0 Å². The lowest BCUT2D eigenvalue weighted by Gasteiger charge is -2.23. The molecule has 4 heteroatoms. The quantitative estimate of drug-likeness (QED) is 0.763. The molecule has 1 heterocycles. The van der Waals surface area contributed by atoms with Crippen molar-refractivity contribution in [3.8, 4) is 5.88 Å². The van der Waals surface area contributed by atoms with Gasteiger partial charge in [0, 0.05) is 25.7 Å². The van der Waals surface area contributed by atoms with Gasteiger partial charge in [-0.25, -0.2) is 0 Å². The number of rotatable bonds is 7. The Labute approximate surface area is 97.4 Å². The highest BCUT2D eigenvalue weighted by Gasteiger charge is 2.07. The maximum Gasteiger partial charge on any atom is 0.214 e. The zero-order valence-electron chi connectivity index (χ0n) is 10.1. The second kappa shape index (κ2) is 7.06. The first-order valence-electron chi connectivity index (χ1n) is 5.78. The smallest absolute Gasteiger partial charge is 0.214 e. The Morgan fingerprint density at radius 3 is 2.81 bits per heavy atom. The zero-order chi connectivity index (χ0) is 11.8. The van der Waals surface area contributed by atoms with Crippen molar-refractivity contribution in [2.24, 2.45) is 5.73 Å². The topological polar surface area (TPSA) is 51.4 Å². The number of anilines is 1. The van der Waals surface area contributed by atoms with Crippen molar-refractivity contribution in [2.75, 3.05) is 31.6 Å². The van der Waals surface area contributed by atoms with Gasteiger partial charge in [-0.05, 0) is 12.5 Å². The van der Waals surface area contributed by atoms with Crippen LogP contribution in [0.25, 0.3) is 0 Å². The standard InChI is InChI=1S/C12H21N3O/c1-3-4-9-15(10-8-13)11-6-5-7-12(14-11)16-2/h5-7H,3-4,8-10,13H2,1-2H3. The summed E-state index contributed by atoms with van der Waals surface area (Å²) < 4.78 is 5.12. The molecule has 0 aliphatic rings. The summed E-state index contributed by atoms with van der Waals surface area (Å²) in [6.45, 7) is 4.65. The molecular weight excluding hydrogens is 202 g/mol. The average Bonchev–Trinajstić information content (AvgIpc) is 2.34. The summed E-state index contributed by atoms with van der Waals surface area (Å²) in [7, 11) is 1.63. The van der Waals surface area contributed by atoms with E-state index in [2.05, 4.69) is 16.8 Å². The zero-order valence-corrected chi connectivity index (χ0v) is 10.1. The molecule has 0 radical (unpaired) electrons. The van der Waals surface area contributed by atoms with Gasteiger partial charge < -0.3 is 15.4 Å². The van der Waals surface area contributed by atoms with Gasteiger partial charge in [0.1, 0.15) is 5.82 Å². The number of ether oxygens (including phenoxy) is 1. The van der Waals surface area contributed by atoms with E-state index in [0.717, 1.165) is 25.3 Å². The van der Waals surface area contributed by atoms with Gasteiger partial charge in [-0.1, -0.05) is 19.4 Å². The Bertz CT molecular complexity index is 304. The molecule has 0 saturated carbocycles. The van der Waals surface area contributed by atoms with Crippen molar-refractivity contribution < 1.29 is 4.74 Å². The van der Waals surface area contributed by atoms with E-state index in [9.17, 15) is 0 Å². The van der Waals surface area contributed by atoms with Crippen molar-refractivity contribution in [3.63, 3.8) is 0 Å². The molecule has 0 amide bonds. The van der Waals surface area contributed by atoms with E-state index >= 15 is 0 Å². The second-order valence-electron chi connectivity index (χ2n) is 3.67. The van der Waals surface area contributed by atoms with E-state index in [1.807, 2.05) is 18.2 Å². The predicted octanol–water partition coefficient (Wildman–Crippen LogP) is 1.66. The van der Waals surface area contributed by atoms with Crippen LogP contribution in [0.15, 0.2) is 18.2 Å². The van der Waals surface area contributed by atoms with E-state index in [1.54, 1.807) is 7.11 Å². The monoisotopic (exact) mass is 223 g/mol. The van der Waals surface area contributed by atoms with E-state index < -0.39 is 0 Å². The first-order valence-corrected chi connectivity index (χ1v) is 5.78. The molecule has 0 aliphatic heterocycles. The van der Waals surface area contributed by atoms with Gasteiger partial charge in [0.05, 0.1) is 7.11 Å². The molecule has 1 rings (SSSR count). The van der Waals surface area contributed by atoms with Crippen molar-refractivity contribution in [1.29, 1.82) is 0 Å². The highest BCUT2D eigenvalue weighted by molar-refractivity contribution is 5.40. The fraction of sp³-hybridized carbons (Fsp3) is 0.583. The summed E-state index contributed by atoms with van der Waals surface area (Å²) >= 11 is 0. The molecule has 1 aromatic rings. The number of unbranched alkanes of at least 4 members (excludes halogenated alkanes) is 1. The first kappa shape index (κ1) is 12.8. The molecule has 0 saturated heterocycles. The van der Waals surface area contributed by atoms with Gasteiger partial charge in [-0.3, -0.25) is 0 Å². The normalized spacial score (nSPS) is 10.2. The Kier molecular flexibility index (Phi) is 5.64. The highest BCUT2D eigenvalue weighted by atomic mass is 16.5. The largest absolute Gasteiger partial charge is 0.481 e. The maximum atomic E-state index is 5.61. The van der Waals surface area contributed by atoms with E-state index in [4.69, 9.17) is 10.5 Å². The lowest BCUT2D eigenvalue weighted by atomic mass is 10.3. The number of nitrogens with zero attached hydrogens (tertiary/aromatic N) is 2. The summed E-state index contributed by atoms with van der Waals surface area (Å²) in [6.07, 6.45) is 2.32. The van der Waals surface area contributed by atoms with Gasteiger partial charge >= 0.3 is 0 Å². The molecule has 90 valence electrons. The summed E-state index contributed by atoms with van der Waals surface area (Å²) in [6, 6.07) is 5.80. The third kappa shape index (κ3) is 3.70. The van der Waals surface area contributed by atoms with Crippen molar-refractivity contribution in [3.05, 3.63) is 18.2 Å². The Balaban J connectivity index is 2.73. The SMILES string of the molecule is CCCCN(CCN)c1cccc(OC)n1. The van der Waals surface area contributed by atoms with Crippen molar-refractivity contribution in [1.82, 2.24) is 4.98 Å². The molecular formula is C12H21N3O. The van der Waals surface area contributed by atoms with Gasteiger partial charge in [-0.2, -0.15) is 4.98 Å². The molecule has 0 bridgehead atoms. The predicted molar refractivity (Wildman–Crippen MR) is 67.0 cm³/mol. The molecule has 4 nitrogen and oxygen atoms in total. The van der Waals surface area contributed by atoms with Crippen LogP contribution in [0, 0.1) is 0 Å².